The van der Waals surface area contributed by atoms with Gasteiger partial charge in [-0.1, -0.05) is 32.0 Å². The summed E-state index contributed by atoms with van der Waals surface area (Å²) in [6, 6.07) is 6.18. The highest BCUT2D eigenvalue weighted by Gasteiger charge is 2.18. The normalized spacial score (nSPS) is 18.4. The van der Waals surface area contributed by atoms with Crippen LogP contribution in [0.3, 0.4) is 0 Å². The van der Waals surface area contributed by atoms with Gasteiger partial charge in [0.15, 0.2) is 0 Å². The van der Waals surface area contributed by atoms with Gasteiger partial charge in [0.25, 0.3) is 0 Å². The second-order valence-electron chi connectivity index (χ2n) is 6.93. The number of carbonyl (C=O) groups excluding carboxylic acids is 1. The van der Waals surface area contributed by atoms with E-state index in [4.69, 9.17) is 4.74 Å². The van der Waals surface area contributed by atoms with E-state index >= 15 is 0 Å². The first-order chi connectivity index (χ1) is 11.0. The molecule has 1 fully saturated rings. The third-order valence-electron chi connectivity index (χ3n) is 4.39. The highest BCUT2D eigenvalue weighted by molar-refractivity contribution is 5.93. The summed E-state index contributed by atoms with van der Waals surface area (Å²) in [5.74, 6) is 0.429. The Morgan fingerprint density at radius 3 is 2.83 bits per heavy atom. The van der Waals surface area contributed by atoms with Crippen molar-refractivity contribution in [3.05, 3.63) is 29.3 Å². The van der Waals surface area contributed by atoms with Crippen LogP contribution in [-0.2, 0) is 9.53 Å². The van der Waals surface area contributed by atoms with Gasteiger partial charge in [-0.2, -0.15) is 0 Å². The van der Waals surface area contributed by atoms with Gasteiger partial charge in [-0.05, 0) is 50.3 Å². The van der Waals surface area contributed by atoms with Gasteiger partial charge in [0.2, 0.25) is 5.91 Å². The van der Waals surface area contributed by atoms with Crippen LogP contribution in [0.1, 0.15) is 50.2 Å². The second kappa shape index (κ2) is 8.46. The molecular weight excluding hydrogens is 288 g/mol. The number of rotatable bonds is 6. The van der Waals surface area contributed by atoms with E-state index in [0.29, 0.717) is 12.5 Å². The van der Waals surface area contributed by atoms with Crippen molar-refractivity contribution in [1.82, 2.24) is 4.90 Å². The monoisotopic (exact) mass is 318 g/mol. The molecule has 1 amide bonds. The van der Waals surface area contributed by atoms with Gasteiger partial charge < -0.3 is 10.1 Å². The maximum absolute atomic E-state index is 12.4. The highest BCUT2D eigenvalue weighted by Crippen LogP contribution is 2.27. The molecule has 0 spiro atoms. The van der Waals surface area contributed by atoms with E-state index < -0.39 is 0 Å². The molecule has 1 saturated heterocycles. The molecule has 0 bridgehead atoms. The number of nitrogens with one attached hydrogen (secondary N) is 1. The molecule has 1 N–H and O–H groups in total. The molecule has 1 atom stereocenters. The van der Waals surface area contributed by atoms with Crippen LogP contribution in [0.5, 0.6) is 0 Å². The van der Waals surface area contributed by atoms with Crippen LogP contribution in [0.4, 0.5) is 5.69 Å². The Bertz CT molecular complexity index is 522. The average molecular weight is 318 g/mol. The van der Waals surface area contributed by atoms with Crippen molar-refractivity contribution in [3.8, 4) is 0 Å². The van der Waals surface area contributed by atoms with E-state index in [1.165, 1.54) is 12.0 Å². The van der Waals surface area contributed by atoms with Crippen molar-refractivity contribution in [1.29, 1.82) is 0 Å². The Balaban J connectivity index is 1.91. The molecule has 1 heterocycles. The standard InChI is InChI=1S/C19H30N2O2/c1-14(2)17-10-7-8-15(3)19(17)20-18(22)13-21(4)12-16-9-5-6-11-23-16/h7-8,10,14,16H,5-6,9,11-13H2,1-4H3,(H,20,22)/t16-/m1/s1. The van der Waals surface area contributed by atoms with Crippen LogP contribution in [0.2, 0.25) is 0 Å². The predicted octanol–water partition coefficient (Wildman–Crippen LogP) is 3.56. The topological polar surface area (TPSA) is 41.6 Å². The van der Waals surface area contributed by atoms with Crippen molar-refractivity contribution in [2.75, 3.05) is 32.1 Å². The van der Waals surface area contributed by atoms with Crippen LogP contribution in [0, 0.1) is 6.92 Å². The first-order valence-electron chi connectivity index (χ1n) is 8.67. The molecule has 0 saturated carbocycles. The zero-order chi connectivity index (χ0) is 16.8. The molecule has 0 aromatic heterocycles. The minimum absolute atomic E-state index is 0.0412. The van der Waals surface area contributed by atoms with Gasteiger partial charge in [-0.15, -0.1) is 0 Å². The maximum atomic E-state index is 12.4. The molecule has 0 radical (unpaired) electrons. The molecule has 4 nitrogen and oxygen atoms in total. The van der Waals surface area contributed by atoms with E-state index in [9.17, 15) is 4.79 Å². The molecule has 1 aliphatic rings. The summed E-state index contributed by atoms with van der Waals surface area (Å²) in [7, 11) is 1.98. The summed E-state index contributed by atoms with van der Waals surface area (Å²) in [6.07, 6.45) is 3.75. The minimum atomic E-state index is 0.0412. The van der Waals surface area contributed by atoms with Crippen molar-refractivity contribution in [2.45, 2.75) is 52.1 Å². The fraction of sp³-hybridized carbons (Fsp3) is 0.632. The maximum Gasteiger partial charge on any atom is 0.238 e. The molecule has 4 heteroatoms. The van der Waals surface area contributed by atoms with Gasteiger partial charge in [0.05, 0.1) is 12.6 Å². The number of nitrogens with zero attached hydrogens (tertiary/aromatic N) is 1. The van der Waals surface area contributed by atoms with Crippen molar-refractivity contribution in [3.63, 3.8) is 0 Å². The fourth-order valence-corrected chi connectivity index (χ4v) is 3.13. The second-order valence-corrected chi connectivity index (χ2v) is 6.93. The number of aryl methyl sites for hydroxylation is 1. The third kappa shape index (κ3) is 5.33. The number of hydrogen-bond acceptors (Lipinski definition) is 3. The molecule has 23 heavy (non-hydrogen) atoms. The van der Waals surface area contributed by atoms with Gasteiger partial charge >= 0.3 is 0 Å². The zero-order valence-electron chi connectivity index (χ0n) is 14.9. The lowest BCUT2D eigenvalue weighted by Gasteiger charge is -2.27. The molecule has 1 aromatic carbocycles. The Morgan fingerprint density at radius 1 is 1.39 bits per heavy atom. The van der Waals surface area contributed by atoms with Gasteiger partial charge in [0, 0.05) is 18.8 Å². The molecule has 0 unspecified atom stereocenters. The summed E-state index contributed by atoms with van der Waals surface area (Å²) in [4.78, 5) is 14.5. The molecule has 0 aliphatic carbocycles. The number of ether oxygens (including phenoxy) is 1. The number of carbonyl (C=O) groups is 1. The first-order valence-corrected chi connectivity index (χ1v) is 8.67. The van der Waals surface area contributed by atoms with E-state index in [2.05, 4.69) is 30.1 Å². The highest BCUT2D eigenvalue weighted by atomic mass is 16.5. The van der Waals surface area contributed by atoms with Crippen molar-refractivity contribution in [2.24, 2.45) is 0 Å². The van der Waals surface area contributed by atoms with Gasteiger partial charge in [-0.3, -0.25) is 9.69 Å². The molecular formula is C19H30N2O2. The lowest BCUT2D eigenvalue weighted by atomic mass is 9.98. The van der Waals surface area contributed by atoms with E-state index in [1.54, 1.807) is 0 Å². The Kier molecular flexibility index (Phi) is 6.60. The molecule has 2 rings (SSSR count). The van der Waals surface area contributed by atoms with Crippen LogP contribution in [0.25, 0.3) is 0 Å². The molecule has 1 aromatic rings. The Hall–Kier alpha value is -1.39. The smallest absolute Gasteiger partial charge is 0.238 e. The quantitative estimate of drug-likeness (QED) is 0.872. The van der Waals surface area contributed by atoms with Crippen LogP contribution >= 0.6 is 0 Å². The molecule has 128 valence electrons. The van der Waals surface area contributed by atoms with Crippen molar-refractivity contribution < 1.29 is 9.53 Å². The van der Waals surface area contributed by atoms with E-state index in [-0.39, 0.29) is 12.0 Å². The van der Waals surface area contributed by atoms with Gasteiger partial charge in [0.1, 0.15) is 0 Å². The predicted molar refractivity (Wildman–Crippen MR) is 95.0 cm³/mol. The number of amides is 1. The number of likely N-dealkylation sites (N-methyl/N-ethyl adjacent to an activating group) is 1. The summed E-state index contributed by atoms with van der Waals surface area (Å²) in [6.45, 7) is 8.41. The number of anilines is 1. The lowest BCUT2D eigenvalue weighted by Crippen LogP contribution is -2.38. The van der Waals surface area contributed by atoms with Gasteiger partial charge in [-0.25, -0.2) is 0 Å². The van der Waals surface area contributed by atoms with Crippen LogP contribution < -0.4 is 5.32 Å². The number of para-hydroxylation sites is 1. The largest absolute Gasteiger partial charge is 0.377 e. The number of hydrogen-bond donors (Lipinski definition) is 1. The Morgan fingerprint density at radius 2 is 2.17 bits per heavy atom. The minimum Gasteiger partial charge on any atom is -0.377 e. The third-order valence-corrected chi connectivity index (χ3v) is 4.39. The summed E-state index contributed by atoms with van der Waals surface area (Å²) in [5, 5.41) is 3.11. The molecule has 1 aliphatic heterocycles. The summed E-state index contributed by atoms with van der Waals surface area (Å²) >= 11 is 0. The Labute approximate surface area is 140 Å². The van der Waals surface area contributed by atoms with E-state index in [0.717, 1.165) is 37.2 Å². The summed E-state index contributed by atoms with van der Waals surface area (Å²) in [5.41, 5.74) is 3.27. The summed E-state index contributed by atoms with van der Waals surface area (Å²) < 4.78 is 5.74. The fourth-order valence-electron chi connectivity index (χ4n) is 3.13. The van der Waals surface area contributed by atoms with Crippen molar-refractivity contribution >= 4 is 11.6 Å². The van der Waals surface area contributed by atoms with Crippen LogP contribution in [-0.4, -0.2) is 43.7 Å². The number of benzene rings is 1. The van der Waals surface area contributed by atoms with Crippen LogP contribution in [0.15, 0.2) is 18.2 Å². The van der Waals surface area contributed by atoms with E-state index in [1.807, 2.05) is 26.1 Å². The first kappa shape index (κ1) is 18.0. The lowest BCUT2D eigenvalue weighted by molar-refractivity contribution is -0.117. The SMILES string of the molecule is Cc1cccc(C(C)C)c1NC(=O)CN(C)C[C@H]1CCCCO1. The average Bonchev–Trinajstić information content (AvgIpc) is 2.49. The zero-order valence-corrected chi connectivity index (χ0v) is 14.9.